The molecule has 74 valence electrons. The minimum absolute atomic E-state index is 0.0408. The molecule has 2 aromatic heterocycles. The first kappa shape index (κ1) is 9.61. The third-order valence-corrected chi connectivity index (χ3v) is 2.95. The lowest BCUT2D eigenvalue weighted by Crippen LogP contribution is -1.86. The van der Waals surface area contributed by atoms with Gasteiger partial charge in [0.15, 0.2) is 0 Å². The standard InChI is InChI=1S/C8H8ClN3OS/c1-4(2)7-10-5(3-14-7)6-11-8(9)13-12-6/h3-4H,1-2H3. The predicted molar refractivity (Wildman–Crippen MR) is 54.5 cm³/mol. The van der Waals surface area contributed by atoms with Gasteiger partial charge in [0.2, 0.25) is 5.82 Å². The van der Waals surface area contributed by atoms with E-state index in [2.05, 4.69) is 33.5 Å². The van der Waals surface area contributed by atoms with E-state index in [9.17, 15) is 0 Å². The molecule has 2 rings (SSSR count). The van der Waals surface area contributed by atoms with Crippen molar-refractivity contribution in [2.24, 2.45) is 0 Å². The van der Waals surface area contributed by atoms with E-state index < -0.39 is 0 Å². The third-order valence-electron chi connectivity index (χ3n) is 1.65. The maximum atomic E-state index is 5.51. The molecule has 0 saturated carbocycles. The van der Waals surface area contributed by atoms with Crippen LogP contribution in [0.5, 0.6) is 0 Å². The van der Waals surface area contributed by atoms with Crippen LogP contribution in [-0.2, 0) is 0 Å². The highest BCUT2D eigenvalue weighted by molar-refractivity contribution is 7.10. The summed E-state index contributed by atoms with van der Waals surface area (Å²) in [4.78, 5) is 8.25. The highest BCUT2D eigenvalue weighted by atomic mass is 35.5. The zero-order valence-electron chi connectivity index (χ0n) is 7.69. The van der Waals surface area contributed by atoms with E-state index in [1.807, 2.05) is 5.38 Å². The van der Waals surface area contributed by atoms with Gasteiger partial charge in [-0.3, -0.25) is 0 Å². The van der Waals surface area contributed by atoms with E-state index >= 15 is 0 Å². The maximum Gasteiger partial charge on any atom is 0.320 e. The first-order valence-electron chi connectivity index (χ1n) is 4.12. The molecule has 0 atom stereocenters. The van der Waals surface area contributed by atoms with Crippen molar-refractivity contribution in [3.63, 3.8) is 0 Å². The fourth-order valence-electron chi connectivity index (χ4n) is 0.965. The molecule has 0 aliphatic carbocycles. The number of halogens is 1. The molecule has 0 amide bonds. The van der Waals surface area contributed by atoms with E-state index in [0.29, 0.717) is 17.4 Å². The van der Waals surface area contributed by atoms with Gasteiger partial charge in [0.25, 0.3) is 0 Å². The molecule has 0 unspecified atom stereocenters. The topological polar surface area (TPSA) is 51.8 Å². The van der Waals surface area contributed by atoms with Crippen molar-refractivity contribution in [1.82, 2.24) is 15.1 Å². The highest BCUT2D eigenvalue weighted by Gasteiger charge is 2.12. The van der Waals surface area contributed by atoms with Gasteiger partial charge < -0.3 is 4.52 Å². The second kappa shape index (κ2) is 3.67. The quantitative estimate of drug-likeness (QED) is 0.795. The zero-order valence-corrected chi connectivity index (χ0v) is 9.26. The lowest BCUT2D eigenvalue weighted by atomic mass is 10.2. The van der Waals surface area contributed by atoms with E-state index in [1.165, 1.54) is 0 Å². The fraction of sp³-hybridized carbons (Fsp3) is 0.375. The van der Waals surface area contributed by atoms with Crippen LogP contribution in [0.15, 0.2) is 9.90 Å². The van der Waals surface area contributed by atoms with Crippen molar-refractivity contribution >= 4 is 22.9 Å². The summed E-state index contributed by atoms with van der Waals surface area (Å²) in [5.41, 5.74) is 0.717. The summed E-state index contributed by atoms with van der Waals surface area (Å²) >= 11 is 7.10. The van der Waals surface area contributed by atoms with Crippen LogP contribution in [0.4, 0.5) is 0 Å². The minimum atomic E-state index is 0.0408. The number of nitrogens with zero attached hydrogens (tertiary/aromatic N) is 3. The van der Waals surface area contributed by atoms with Crippen molar-refractivity contribution in [1.29, 1.82) is 0 Å². The fourth-order valence-corrected chi connectivity index (χ4v) is 1.89. The second-order valence-electron chi connectivity index (χ2n) is 3.10. The Kier molecular flexibility index (Phi) is 2.52. The Bertz CT molecular complexity index is 437. The van der Waals surface area contributed by atoms with E-state index in [-0.39, 0.29) is 5.35 Å². The molecule has 0 aromatic carbocycles. The molecule has 0 fully saturated rings. The van der Waals surface area contributed by atoms with E-state index in [4.69, 9.17) is 11.6 Å². The average molecular weight is 230 g/mol. The first-order valence-corrected chi connectivity index (χ1v) is 5.37. The normalized spacial score (nSPS) is 11.1. The smallest absolute Gasteiger partial charge is 0.320 e. The summed E-state index contributed by atoms with van der Waals surface area (Å²) in [6, 6.07) is 0. The summed E-state index contributed by atoms with van der Waals surface area (Å²) in [7, 11) is 0. The Balaban J connectivity index is 2.33. The molecular weight excluding hydrogens is 222 g/mol. The van der Waals surface area contributed by atoms with Crippen molar-refractivity contribution in [3.05, 3.63) is 15.7 Å². The van der Waals surface area contributed by atoms with E-state index in [1.54, 1.807) is 11.3 Å². The summed E-state index contributed by atoms with van der Waals surface area (Å²) < 4.78 is 4.66. The van der Waals surface area contributed by atoms with Gasteiger partial charge in [-0.2, -0.15) is 4.98 Å². The molecule has 0 radical (unpaired) electrons. The molecule has 0 saturated heterocycles. The predicted octanol–water partition coefficient (Wildman–Crippen LogP) is 2.97. The Labute approximate surface area is 89.9 Å². The summed E-state index contributed by atoms with van der Waals surface area (Å²) in [6.07, 6.45) is 0. The van der Waals surface area contributed by atoms with Gasteiger partial charge in [-0.1, -0.05) is 19.0 Å². The number of thiazole rings is 1. The lowest BCUT2D eigenvalue weighted by molar-refractivity contribution is 0.420. The Hall–Kier alpha value is -0.940. The van der Waals surface area contributed by atoms with Gasteiger partial charge in [0, 0.05) is 11.3 Å². The molecule has 14 heavy (non-hydrogen) atoms. The number of hydrogen-bond donors (Lipinski definition) is 0. The van der Waals surface area contributed by atoms with Gasteiger partial charge in [-0.05, 0) is 11.6 Å². The van der Waals surface area contributed by atoms with Crippen molar-refractivity contribution < 1.29 is 4.52 Å². The van der Waals surface area contributed by atoms with Gasteiger partial charge in [-0.15, -0.1) is 11.3 Å². The maximum absolute atomic E-state index is 5.51. The van der Waals surface area contributed by atoms with Gasteiger partial charge >= 0.3 is 5.35 Å². The number of aromatic nitrogens is 3. The molecule has 2 aromatic rings. The van der Waals surface area contributed by atoms with Crippen molar-refractivity contribution in [3.8, 4) is 11.5 Å². The van der Waals surface area contributed by atoms with Gasteiger partial charge in [0.1, 0.15) is 5.69 Å². The summed E-state index contributed by atoms with van der Waals surface area (Å²) in [6.45, 7) is 4.18. The van der Waals surface area contributed by atoms with E-state index in [0.717, 1.165) is 5.01 Å². The molecule has 0 spiro atoms. The minimum Gasteiger partial charge on any atom is -0.321 e. The average Bonchev–Trinajstić information content (AvgIpc) is 2.70. The van der Waals surface area contributed by atoms with Crippen LogP contribution >= 0.6 is 22.9 Å². The molecule has 6 heteroatoms. The van der Waals surface area contributed by atoms with Crippen LogP contribution in [0.2, 0.25) is 5.35 Å². The molecular formula is C8H8ClN3OS. The Morgan fingerprint density at radius 2 is 2.21 bits per heavy atom. The lowest BCUT2D eigenvalue weighted by Gasteiger charge is -1.95. The van der Waals surface area contributed by atoms with Gasteiger partial charge in [-0.25, -0.2) is 4.98 Å². The number of rotatable bonds is 2. The first-order chi connectivity index (χ1) is 6.66. The molecule has 0 aliphatic heterocycles. The van der Waals surface area contributed by atoms with Crippen molar-refractivity contribution in [2.45, 2.75) is 19.8 Å². The Morgan fingerprint density at radius 1 is 1.43 bits per heavy atom. The SMILES string of the molecule is CC(C)c1nc(-c2noc(Cl)n2)cs1. The molecule has 0 aliphatic rings. The summed E-state index contributed by atoms with van der Waals surface area (Å²) in [5.74, 6) is 0.856. The van der Waals surface area contributed by atoms with Crippen molar-refractivity contribution in [2.75, 3.05) is 0 Å². The van der Waals surface area contributed by atoms with Crippen LogP contribution < -0.4 is 0 Å². The monoisotopic (exact) mass is 229 g/mol. The van der Waals surface area contributed by atoms with Gasteiger partial charge in [0.05, 0.1) is 5.01 Å². The van der Waals surface area contributed by atoms with Crippen LogP contribution in [0.25, 0.3) is 11.5 Å². The molecule has 0 N–H and O–H groups in total. The zero-order chi connectivity index (χ0) is 10.1. The van der Waals surface area contributed by atoms with Crippen LogP contribution in [0, 0.1) is 0 Å². The highest BCUT2D eigenvalue weighted by Crippen LogP contribution is 2.24. The largest absolute Gasteiger partial charge is 0.321 e. The molecule has 0 bridgehead atoms. The number of hydrogen-bond acceptors (Lipinski definition) is 5. The molecule has 2 heterocycles. The molecule has 4 nitrogen and oxygen atoms in total. The van der Waals surface area contributed by atoms with Crippen LogP contribution in [-0.4, -0.2) is 15.1 Å². The van der Waals surface area contributed by atoms with Crippen LogP contribution in [0.3, 0.4) is 0 Å². The van der Waals surface area contributed by atoms with Crippen LogP contribution in [0.1, 0.15) is 24.8 Å². The summed E-state index contributed by atoms with van der Waals surface area (Å²) in [5, 5.41) is 6.68. The second-order valence-corrected chi connectivity index (χ2v) is 4.31. The Morgan fingerprint density at radius 3 is 2.71 bits per heavy atom. The third kappa shape index (κ3) is 1.78.